The fourth-order valence-corrected chi connectivity index (χ4v) is 5.18. The van der Waals surface area contributed by atoms with Crippen LogP contribution in [0.3, 0.4) is 0 Å². The summed E-state index contributed by atoms with van der Waals surface area (Å²) in [6, 6.07) is 15.4. The van der Waals surface area contributed by atoms with E-state index < -0.39 is 6.03 Å². The summed E-state index contributed by atoms with van der Waals surface area (Å²) in [7, 11) is 0. The third kappa shape index (κ3) is 5.46. The van der Waals surface area contributed by atoms with Crippen molar-refractivity contribution in [1.82, 2.24) is 14.8 Å². The second-order valence-electron chi connectivity index (χ2n) is 10.7. The molecule has 1 aliphatic rings. The lowest BCUT2D eigenvalue weighted by atomic mass is 9.99. The number of para-hydroxylation sites is 1. The first-order valence-electron chi connectivity index (χ1n) is 13.4. The molecular weight excluding hydrogens is 488 g/mol. The number of carbonyl (C=O) groups excluding carboxylic acids is 1. The van der Waals surface area contributed by atoms with Crippen molar-refractivity contribution in [1.29, 1.82) is 0 Å². The topological polar surface area (TPSA) is 98.3 Å². The second-order valence-corrected chi connectivity index (χ2v) is 10.7. The SMILES string of the molecule is Cc1cnc(N2CCc3nn(-c4c(C)cccc4OCC(C)C)c(-c4ccc(NC(N)=O)cc4)c3C2)c(C)c1. The van der Waals surface area contributed by atoms with E-state index in [0.29, 0.717) is 24.8 Å². The lowest BCUT2D eigenvalue weighted by molar-refractivity contribution is 0.259. The molecule has 0 unspecified atom stereocenters. The van der Waals surface area contributed by atoms with E-state index in [2.05, 4.69) is 57.0 Å². The van der Waals surface area contributed by atoms with Gasteiger partial charge in [0.1, 0.15) is 17.3 Å². The van der Waals surface area contributed by atoms with Gasteiger partial charge in [0, 0.05) is 42.5 Å². The third-order valence-electron chi connectivity index (χ3n) is 6.93. The number of nitrogens with one attached hydrogen (secondary N) is 1. The predicted octanol–water partition coefficient (Wildman–Crippen LogP) is 5.95. The summed E-state index contributed by atoms with van der Waals surface area (Å²) in [5, 5.41) is 7.83. The highest BCUT2D eigenvalue weighted by molar-refractivity contribution is 5.88. The van der Waals surface area contributed by atoms with E-state index in [0.717, 1.165) is 69.4 Å². The molecule has 1 aliphatic heterocycles. The van der Waals surface area contributed by atoms with Crippen LogP contribution in [0.4, 0.5) is 16.3 Å². The number of ether oxygens (including phenoxy) is 1. The van der Waals surface area contributed by atoms with Gasteiger partial charge >= 0.3 is 6.03 Å². The summed E-state index contributed by atoms with van der Waals surface area (Å²) in [6.07, 6.45) is 2.73. The van der Waals surface area contributed by atoms with Gasteiger partial charge in [-0.1, -0.05) is 44.2 Å². The Hall–Kier alpha value is -4.33. The fraction of sp³-hybridized carbons (Fsp3) is 0.323. The fourth-order valence-electron chi connectivity index (χ4n) is 5.18. The molecule has 5 rings (SSSR count). The third-order valence-corrected chi connectivity index (χ3v) is 6.93. The van der Waals surface area contributed by atoms with E-state index in [1.165, 1.54) is 0 Å². The van der Waals surface area contributed by atoms with Gasteiger partial charge in [-0.15, -0.1) is 0 Å². The predicted molar refractivity (Wildman–Crippen MR) is 156 cm³/mol. The van der Waals surface area contributed by atoms with Crippen LogP contribution in [0.25, 0.3) is 16.9 Å². The highest BCUT2D eigenvalue weighted by Gasteiger charge is 2.29. The zero-order valence-corrected chi connectivity index (χ0v) is 23.3. The van der Waals surface area contributed by atoms with Crippen LogP contribution in [0.5, 0.6) is 5.75 Å². The zero-order chi connectivity index (χ0) is 27.7. The molecule has 2 amide bonds. The normalized spacial score (nSPS) is 12.9. The summed E-state index contributed by atoms with van der Waals surface area (Å²) >= 11 is 0. The van der Waals surface area contributed by atoms with Crippen LogP contribution in [0.2, 0.25) is 0 Å². The number of aryl methyl sites for hydroxylation is 3. The van der Waals surface area contributed by atoms with Crippen molar-refractivity contribution in [3.05, 3.63) is 82.7 Å². The molecule has 0 spiro atoms. The van der Waals surface area contributed by atoms with Crippen molar-refractivity contribution < 1.29 is 9.53 Å². The van der Waals surface area contributed by atoms with Gasteiger partial charge in [-0.2, -0.15) is 5.10 Å². The molecule has 202 valence electrons. The second kappa shape index (κ2) is 10.8. The van der Waals surface area contributed by atoms with Crippen molar-refractivity contribution in [3.8, 4) is 22.7 Å². The molecule has 8 heteroatoms. The number of fused-ring (bicyclic) bond motifs is 1. The van der Waals surface area contributed by atoms with Gasteiger partial charge in [-0.05, 0) is 61.6 Å². The highest BCUT2D eigenvalue weighted by atomic mass is 16.5. The molecule has 0 saturated carbocycles. The summed E-state index contributed by atoms with van der Waals surface area (Å²) < 4.78 is 8.34. The smallest absolute Gasteiger partial charge is 0.316 e. The van der Waals surface area contributed by atoms with Crippen molar-refractivity contribution in [2.75, 3.05) is 23.4 Å². The average Bonchev–Trinajstić information content (AvgIpc) is 3.25. The maximum absolute atomic E-state index is 11.4. The number of anilines is 2. The molecule has 0 radical (unpaired) electrons. The summed E-state index contributed by atoms with van der Waals surface area (Å²) in [4.78, 5) is 18.5. The molecular formula is C31H36N6O2. The summed E-state index contributed by atoms with van der Waals surface area (Å²) in [6.45, 7) is 12.7. The number of benzene rings is 2. The Morgan fingerprint density at radius 2 is 1.87 bits per heavy atom. The van der Waals surface area contributed by atoms with Gasteiger partial charge < -0.3 is 20.7 Å². The number of amides is 2. The molecule has 8 nitrogen and oxygen atoms in total. The first-order valence-corrected chi connectivity index (χ1v) is 13.4. The number of hydrogen-bond acceptors (Lipinski definition) is 5. The highest BCUT2D eigenvalue weighted by Crippen LogP contribution is 2.38. The average molecular weight is 525 g/mol. The molecule has 0 bridgehead atoms. The number of nitrogens with zero attached hydrogens (tertiary/aromatic N) is 4. The maximum atomic E-state index is 11.4. The molecule has 4 aromatic rings. The molecule has 3 heterocycles. The Kier molecular flexibility index (Phi) is 7.28. The van der Waals surface area contributed by atoms with E-state index in [4.69, 9.17) is 20.6 Å². The molecule has 0 saturated heterocycles. The van der Waals surface area contributed by atoms with Gasteiger partial charge in [0.15, 0.2) is 0 Å². The quantitative estimate of drug-likeness (QED) is 0.311. The van der Waals surface area contributed by atoms with E-state index in [9.17, 15) is 4.79 Å². The molecule has 0 aliphatic carbocycles. The number of urea groups is 1. The minimum absolute atomic E-state index is 0.396. The zero-order valence-electron chi connectivity index (χ0n) is 23.3. The van der Waals surface area contributed by atoms with Crippen molar-refractivity contribution in [2.24, 2.45) is 11.7 Å². The lowest BCUT2D eigenvalue weighted by Gasteiger charge is -2.29. The van der Waals surface area contributed by atoms with Crippen LogP contribution >= 0.6 is 0 Å². The lowest BCUT2D eigenvalue weighted by Crippen LogP contribution is -2.31. The number of carbonyl (C=O) groups is 1. The van der Waals surface area contributed by atoms with Crippen LogP contribution in [0, 0.1) is 26.7 Å². The maximum Gasteiger partial charge on any atom is 0.316 e. The first-order chi connectivity index (χ1) is 18.7. The molecule has 39 heavy (non-hydrogen) atoms. The van der Waals surface area contributed by atoms with Crippen LogP contribution in [0.15, 0.2) is 54.7 Å². The molecule has 0 atom stereocenters. The number of nitrogens with two attached hydrogens (primary N) is 1. The van der Waals surface area contributed by atoms with Crippen LogP contribution in [-0.4, -0.2) is 33.9 Å². The van der Waals surface area contributed by atoms with Gasteiger partial charge in [-0.3, -0.25) is 0 Å². The largest absolute Gasteiger partial charge is 0.491 e. The van der Waals surface area contributed by atoms with Gasteiger partial charge in [0.2, 0.25) is 0 Å². The Bertz CT molecular complexity index is 1510. The standard InChI is InChI=1S/C31H36N6O2/c1-19(2)18-39-27-8-6-7-21(4)28(27)37-29(23-9-11-24(12-10-23)34-31(32)38)25-17-36(14-13-26(25)35-37)30-22(5)15-20(3)16-33-30/h6-12,15-16,19H,13-14,17-18H2,1-5H3,(H3,32,34,38). The minimum atomic E-state index is -0.589. The van der Waals surface area contributed by atoms with Crippen molar-refractivity contribution in [3.63, 3.8) is 0 Å². The van der Waals surface area contributed by atoms with E-state index in [1.807, 2.05) is 47.3 Å². The molecule has 0 fully saturated rings. The Morgan fingerprint density at radius 3 is 2.56 bits per heavy atom. The van der Waals surface area contributed by atoms with Gasteiger partial charge in [0.25, 0.3) is 0 Å². The van der Waals surface area contributed by atoms with E-state index in [-0.39, 0.29) is 0 Å². The van der Waals surface area contributed by atoms with Gasteiger partial charge in [0.05, 0.1) is 18.0 Å². The van der Waals surface area contributed by atoms with E-state index >= 15 is 0 Å². The monoisotopic (exact) mass is 524 g/mol. The minimum Gasteiger partial charge on any atom is -0.491 e. The van der Waals surface area contributed by atoms with E-state index in [1.54, 1.807) is 0 Å². The molecule has 2 aromatic carbocycles. The van der Waals surface area contributed by atoms with Crippen molar-refractivity contribution >= 4 is 17.5 Å². The summed E-state index contributed by atoms with van der Waals surface area (Å²) in [5.74, 6) is 2.21. The summed E-state index contributed by atoms with van der Waals surface area (Å²) in [5.41, 5.74) is 14.6. The first kappa shape index (κ1) is 26.3. The number of pyridine rings is 1. The van der Waals surface area contributed by atoms with Gasteiger partial charge in [-0.25, -0.2) is 14.5 Å². The van der Waals surface area contributed by atoms with Crippen LogP contribution in [0.1, 0.15) is 41.8 Å². The van der Waals surface area contributed by atoms with Crippen LogP contribution in [-0.2, 0) is 13.0 Å². The number of primary amides is 1. The Balaban J connectivity index is 1.65. The number of rotatable bonds is 7. The molecule has 3 N–H and O–H groups in total. The number of aromatic nitrogens is 3. The Morgan fingerprint density at radius 1 is 1.10 bits per heavy atom. The number of hydrogen-bond donors (Lipinski definition) is 2. The van der Waals surface area contributed by atoms with Crippen molar-refractivity contribution in [2.45, 2.75) is 47.6 Å². The Labute approximate surface area is 229 Å². The van der Waals surface area contributed by atoms with Crippen LogP contribution < -0.4 is 20.7 Å². The molecule has 2 aromatic heterocycles.